The van der Waals surface area contributed by atoms with Crippen LogP contribution in [0.4, 0.5) is 57.9 Å². The molecule has 442 valence electrons. The smallest absolute Gasteiger partial charge is 0.416 e. The van der Waals surface area contributed by atoms with Crippen molar-refractivity contribution in [3.63, 3.8) is 0 Å². The Kier molecular flexibility index (Phi) is 22.6. The van der Waals surface area contributed by atoms with Gasteiger partial charge in [0.25, 0.3) is 20.0 Å². The van der Waals surface area contributed by atoms with Gasteiger partial charge in [0.15, 0.2) is 14.9 Å². The number of nitrogens with one attached hydrogen (secondary N) is 4. The Labute approximate surface area is 462 Å². The van der Waals surface area contributed by atoms with Gasteiger partial charge in [0.05, 0.1) is 59.8 Å². The number of carbonyl (C=O) groups is 3. The van der Waals surface area contributed by atoms with Gasteiger partial charge in [0.2, 0.25) is 41.2 Å². The topological polar surface area (TPSA) is 385 Å². The minimum absolute atomic E-state index is 0.0111. The summed E-state index contributed by atoms with van der Waals surface area (Å²) in [4.78, 5) is 62.0. The van der Waals surface area contributed by atoms with Crippen molar-refractivity contribution in [1.29, 1.82) is 0 Å². The summed E-state index contributed by atoms with van der Waals surface area (Å²) in [5.41, 5.74) is -1.80. The Balaban J connectivity index is 0.000000266. The van der Waals surface area contributed by atoms with Gasteiger partial charge in [-0.3, -0.25) is 20.7 Å². The highest BCUT2D eigenvalue weighted by Crippen LogP contribution is 2.39. The van der Waals surface area contributed by atoms with E-state index in [-0.39, 0.29) is 58.0 Å². The van der Waals surface area contributed by atoms with Crippen LogP contribution >= 0.6 is 11.6 Å². The van der Waals surface area contributed by atoms with Crippen LogP contribution in [0.25, 0.3) is 0 Å². The second-order valence-electron chi connectivity index (χ2n) is 14.6. The van der Waals surface area contributed by atoms with E-state index < -0.39 is 116 Å². The second-order valence-corrected chi connectivity index (χ2v) is 20.5. The Bertz CT molecular complexity index is 3600. The number of carboxylic acid groups (broad SMARTS) is 1. The fourth-order valence-corrected chi connectivity index (χ4v) is 9.62. The summed E-state index contributed by atoms with van der Waals surface area (Å²) in [6, 6.07) is 12.1. The zero-order valence-corrected chi connectivity index (χ0v) is 44.8. The van der Waals surface area contributed by atoms with Gasteiger partial charge in [-0.2, -0.15) is 59.1 Å². The number of nitro groups is 1. The van der Waals surface area contributed by atoms with E-state index in [1.807, 2.05) is 0 Å². The summed E-state index contributed by atoms with van der Waals surface area (Å²) in [6.45, 7) is -3.61. The van der Waals surface area contributed by atoms with Crippen molar-refractivity contribution in [3.8, 4) is 40.8 Å². The first-order valence-corrected chi connectivity index (χ1v) is 26.7. The number of anilines is 2. The number of amides is 4. The summed E-state index contributed by atoms with van der Waals surface area (Å²) in [7, 11) is -10.6. The van der Waals surface area contributed by atoms with Gasteiger partial charge in [-0.25, -0.2) is 45.6 Å². The lowest BCUT2D eigenvalue weighted by molar-refractivity contribution is -0.385. The maximum atomic E-state index is 12.6. The number of sulfonamides is 2. The number of carboxylic acids is 1. The first kappa shape index (κ1) is 65.3. The molecule has 3 aromatic carbocycles. The van der Waals surface area contributed by atoms with Gasteiger partial charge < -0.3 is 33.5 Å². The minimum atomic E-state index is -4.71. The van der Waals surface area contributed by atoms with Gasteiger partial charge in [0.1, 0.15) is 21.3 Å². The molecule has 0 aliphatic heterocycles. The molecule has 3 aromatic heterocycles. The van der Waals surface area contributed by atoms with Crippen molar-refractivity contribution in [3.05, 3.63) is 117 Å². The maximum absolute atomic E-state index is 12.6. The van der Waals surface area contributed by atoms with Crippen LogP contribution in [-0.2, 0) is 36.1 Å². The molecule has 28 nitrogen and oxygen atoms in total. The van der Waals surface area contributed by atoms with Crippen molar-refractivity contribution in [2.75, 3.05) is 37.2 Å². The number of aromatic carboxylic acids is 1. The number of rotatable bonds is 20. The molecule has 0 unspecified atom stereocenters. The van der Waals surface area contributed by atoms with Crippen LogP contribution in [0.5, 0.6) is 40.8 Å². The van der Waals surface area contributed by atoms with Gasteiger partial charge in [-0.1, -0.05) is 30.7 Å². The lowest BCUT2D eigenvalue weighted by atomic mass is 10.2. The second kappa shape index (κ2) is 28.3. The number of carbonyl (C=O) groups excluding carboxylic acids is 2. The summed E-state index contributed by atoms with van der Waals surface area (Å²) in [5, 5.41) is 22.7. The number of hydrogen-bond donors (Lipinski definition) is 5. The molecule has 0 bridgehead atoms. The van der Waals surface area contributed by atoms with E-state index in [1.165, 1.54) is 68.3 Å². The molecule has 0 aliphatic rings. The Morgan fingerprint density at radius 1 is 0.707 bits per heavy atom. The zero-order valence-electron chi connectivity index (χ0n) is 41.5. The number of methoxy groups -OCH3 is 2. The molecule has 0 saturated carbocycles. The van der Waals surface area contributed by atoms with Crippen molar-refractivity contribution < 1.29 is 109 Å². The number of sulfone groups is 1. The molecule has 0 spiro atoms. The molecule has 6 rings (SSSR count). The highest BCUT2D eigenvalue weighted by Gasteiger charge is 2.32. The van der Waals surface area contributed by atoms with E-state index in [9.17, 15) is 80.5 Å². The van der Waals surface area contributed by atoms with Crippen LogP contribution < -0.4 is 48.5 Å². The lowest BCUT2D eigenvalue weighted by Crippen LogP contribution is -2.36. The lowest BCUT2D eigenvalue weighted by Gasteiger charge is -2.12. The molecule has 5 N–H and O–H groups in total. The van der Waals surface area contributed by atoms with Crippen molar-refractivity contribution in [2.45, 2.75) is 48.1 Å². The molecule has 4 amide bonds. The predicted molar refractivity (Wildman–Crippen MR) is 265 cm³/mol. The molecule has 0 saturated heterocycles. The van der Waals surface area contributed by atoms with Crippen LogP contribution in [0.2, 0.25) is 5.02 Å². The number of aromatic nitrogens is 5. The molecule has 3 heterocycles. The third kappa shape index (κ3) is 19.0. The van der Waals surface area contributed by atoms with Crippen molar-refractivity contribution in [1.82, 2.24) is 34.4 Å². The van der Waals surface area contributed by atoms with Gasteiger partial charge >= 0.3 is 43.1 Å². The molecule has 0 aliphatic carbocycles. The Hall–Kier alpha value is -9.17. The molecular weight excluding hydrogens is 1210 g/mol. The van der Waals surface area contributed by atoms with Crippen molar-refractivity contribution in [2.24, 2.45) is 0 Å². The summed E-state index contributed by atoms with van der Waals surface area (Å²) < 4.78 is 192. The molecular formula is C43H38ClF7N10O18S3. The third-order valence-corrected chi connectivity index (χ3v) is 14.0. The molecule has 39 heteroatoms. The molecule has 82 heavy (non-hydrogen) atoms. The van der Waals surface area contributed by atoms with Crippen LogP contribution in [0.1, 0.15) is 29.8 Å². The quantitative estimate of drug-likeness (QED) is 0.0280. The standard InChI is InChI=1S/C15H11ClF3NO4.C14H10F4N4O7S.C14H17N5O7S2/c1-2-23-14-8-10(4-5-12(14)20(21)22)24-13-6-3-9(7-11(13)16)15(17,18)19;15-11(16)28-8-5-9(29-12(17)18)20-13(19-8)21-14(25)22-30(26,27)7-4-2-1-3-6(7)10(23)24;1-4-27(21,22)9-6-5-7-15-12(9)28(23,24)19-14(20)18-13-16-10(25-2)8-11(17-13)26-3/h3-8H,2H2,1H3;1-5,11-12H,(H,23,24)(H2,19,20,21,22,25);5-8H,4H2,1-3H3,(H2,16,17,18,19,20). The van der Waals surface area contributed by atoms with E-state index in [0.29, 0.717) is 6.07 Å². The Morgan fingerprint density at radius 2 is 1.23 bits per heavy atom. The van der Waals surface area contributed by atoms with Gasteiger partial charge in [-0.05, 0) is 55.5 Å². The highest BCUT2D eigenvalue weighted by atomic mass is 35.5. The molecule has 6 aromatic rings. The van der Waals surface area contributed by atoms with Crippen molar-refractivity contribution >= 4 is 77.1 Å². The van der Waals surface area contributed by atoms with E-state index in [0.717, 1.165) is 42.6 Å². The third-order valence-electron chi connectivity index (χ3n) is 9.13. The monoisotopic (exact) mass is 1250 g/mol. The summed E-state index contributed by atoms with van der Waals surface area (Å²) in [6.07, 6.45) is -3.42. The number of nitrogens with zero attached hydrogens (tertiary/aromatic N) is 6. The normalized spacial score (nSPS) is 11.3. The van der Waals surface area contributed by atoms with Crippen LogP contribution in [0.15, 0.2) is 106 Å². The number of alkyl halides is 7. The first-order valence-electron chi connectivity index (χ1n) is 21.7. The van der Waals surface area contributed by atoms with Gasteiger partial charge in [-0.15, -0.1) is 0 Å². The van der Waals surface area contributed by atoms with Crippen LogP contribution in [0, 0.1) is 10.1 Å². The van der Waals surface area contributed by atoms with E-state index in [2.05, 4.69) is 39.7 Å². The minimum Gasteiger partial charge on any atom is -0.487 e. The number of urea groups is 2. The molecule has 0 atom stereocenters. The number of halogens is 8. The predicted octanol–water partition coefficient (Wildman–Crippen LogP) is 7.54. The molecule has 0 fully saturated rings. The SMILES string of the molecule is CCOc1cc(Oc2ccc(C(F)(F)F)cc2Cl)ccc1[N+](=O)[O-].CCS(=O)(=O)c1cccnc1S(=O)(=O)NC(=O)Nc1nc(OC)cc(OC)n1.O=C(Nc1nc(OC(F)F)cc(OC(F)F)n1)NS(=O)(=O)c1ccccc1C(=O)O. The van der Waals surface area contributed by atoms with E-state index in [1.54, 1.807) is 17.0 Å². The van der Waals surface area contributed by atoms with E-state index >= 15 is 0 Å². The van der Waals surface area contributed by atoms with Crippen LogP contribution in [0.3, 0.4) is 0 Å². The fraction of sp³-hybridized carbons (Fsp3) is 0.209. The number of nitro benzene ring substituents is 1. The largest absolute Gasteiger partial charge is 0.487 e. The Morgan fingerprint density at radius 3 is 1.72 bits per heavy atom. The van der Waals surface area contributed by atoms with Gasteiger partial charge in [0, 0.05) is 18.3 Å². The van der Waals surface area contributed by atoms with Crippen LogP contribution in [-0.4, -0.2) is 118 Å². The maximum Gasteiger partial charge on any atom is 0.416 e. The number of hydrogen-bond acceptors (Lipinski definition) is 22. The number of benzene rings is 3. The molecule has 0 radical (unpaired) electrons. The number of pyridine rings is 1. The average Bonchev–Trinajstić information content (AvgIpc) is 3.51. The highest BCUT2D eigenvalue weighted by molar-refractivity contribution is 7.93. The fourth-order valence-electron chi connectivity index (χ4n) is 5.75. The number of ether oxygens (including phenoxy) is 6. The zero-order chi connectivity index (χ0) is 61.3. The first-order chi connectivity index (χ1) is 38.3. The average molecular weight is 1250 g/mol. The van der Waals surface area contributed by atoms with E-state index in [4.69, 9.17) is 35.7 Å². The summed E-state index contributed by atoms with van der Waals surface area (Å²) in [5.74, 6) is -4.85. The summed E-state index contributed by atoms with van der Waals surface area (Å²) >= 11 is 5.80.